The summed E-state index contributed by atoms with van der Waals surface area (Å²) in [7, 11) is 0. The number of thiazole rings is 2. The van der Waals surface area contributed by atoms with Crippen molar-refractivity contribution in [3.8, 4) is 11.3 Å². The minimum Gasteiger partial charge on any atom is -0.352 e. The number of hydrogen-bond acceptors (Lipinski definition) is 6. The molecule has 2 N–H and O–H groups in total. The quantitative estimate of drug-likeness (QED) is 0.498. The molecule has 0 bridgehead atoms. The van der Waals surface area contributed by atoms with Crippen LogP contribution in [0.2, 0.25) is 5.15 Å². The minimum absolute atomic E-state index is 0.0676. The lowest BCUT2D eigenvalue weighted by atomic mass is 10.1. The first-order chi connectivity index (χ1) is 13.5. The Morgan fingerprint density at radius 1 is 1.18 bits per heavy atom. The zero-order valence-corrected chi connectivity index (χ0v) is 17.0. The van der Waals surface area contributed by atoms with E-state index in [0.29, 0.717) is 16.6 Å². The van der Waals surface area contributed by atoms with Crippen LogP contribution < -0.4 is 10.6 Å². The third-order valence-electron chi connectivity index (χ3n) is 3.95. The predicted molar refractivity (Wildman–Crippen MR) is 111 cm³/mol. The van der Waals surface area contributed by atoms with Gasteiger partial charge in [0.1, 0.15) is 0 Å². The van der Waals surface area contributed by atoms with Gasteiger partial charge in [0.25, 0.3) is 5.91 Å². The van der Waals surface area contributed by atoms with Gasteiger partial charge in [-0.3, -0.25) is 19.3 Å². The van der Waals surface area contributed by atoms with Crippen molar-refractivity contribution in [1.82, 2.24) is 19.7 Å². The van der Waals surface area contributed by atoms with E-state index in [0.717, 1.165) is 16.8 Å². The van der Waals surface area contributed by atoms with Gasteiger partial charge in [-0.05, 0) is 5.56 Å². The molecule has 0 fully saturated rings. The van der Waals surface area contributed by atoms with E-state index in [4.69, 9.17) is 11.6 Å². The van der Waals surface area contributed by atoms with Gasteiger partial charge in [-0.25, -0.2) is 9.97 Å². The molecule has 0 saturated carbocycles. The van der Waals surface area contributed by atoms with E-state index in [2.05, 4.69) is 20.6 Å². The Labute approximate surface area is 173 Å². The van der Waals surface area contributed by atoms with Crippen molar-refractivity contribution in [3.63, 3.8) is 0 Å². The minimum atomic E-state index is -0.359. The van der Waals surface area contributed by atoms with Crippen molar-refractivity contribution in [2.75, 3.05) is 5.32 Å². The lowest BCUT2D eigenvalue weighted by molar-refractivity contribution is -0.119. The molecule has 4 aromatic rings. The molecular formula is C18H14ClN5O2S2. The van der Waals surface area contributed by atoms with Crippen molar-refractivity contribution in [1.29, 1.82) is 0 Å². The summed E-state index contributed by atoms with van der Waals surface area (Å²) >= 11 is 8.84. The molecule has 0 spiro atoms. The van der Waals surface area contributed by atoms with Crippen molar-refractivity contribution in [2.24, 2.45) is 0 Å². The van der Waals surface area contributed by atoms with Gasteiger partial charge in [0.2, 0.25) is 5.91 Å². The van der Waals surface area contributed by atoms with Crippen LogP contribution in [0, 0.1) is 0 Å². The lowest BCUT2D eigenvalue weighted by Crippen LogP contribution is -2.18. The first-order valence-electron chi connectivity index (χ1n) is 8.23. The molecule has 0 aliphatic carbocycles. The molecule has 0 atom stereocenters. The number of carbonyl (C=O) groups is 2. The molecular weight excluding hydrogens is 418 g/mol. The maximum Gasteiger partial charge on any atom is 0.277 e. The summed E-state index contributed by atoms with van der Waals surface area (Å²) < 4.78 is 1.66. The Bertz CT molecular complexity index is 1160. The maximum absolute atomic E-state index is 12.6. The topological polar surface area (TPSA) is 88.4 Å². The number of amides is 2. The van der Waals surface area contributed by atoms with Crippen molar-refractivity contribution in [2.45, 2.75) is 13.5 Å². The lowest BCUT2D eigenvalue weighted by Gasteiger charge is -2.03. The standard InChI is InChI=1S/C18H14ClN5O2S2/c1-10(25)20-8-11-2-4-12(5-3-11)13-9-28-17(21-13)23-16(26)14-15(19)22-18-24(14)6-7-27-18/h2-7,9H,8H2,1H3,(H,20,25)(H,21,23,26). The molecule has 2 amide bonds. The summed E-state index contributed by atoms with van der Waals surface area (Å²) in [6.07, 6.45) is 1.75. The highest BCUT2D eigenvalue weighted by molar-refractivity contribution is 7.15. The number of aromatic nitrogens is 3. The second-order valence-corrected chi connectivity index (χ2v) is 7.99. The average Bonchev–Trinajstić information content (AvgIpc) is 3.36. The Morgan fingerprint density at radius 2 is 1.96 bits per heavy atom. The number of imidazole rings is 1. The van der Waals surface area contributed by atoms with Crippen molar-refractivity contribution in [3.05, 3.63) is 57.6 Å². The second kappa shape index (κ2) is 7.70. The Morgan fingerprint density at radius 3 is 2.71 bits per heavy atom. The SMILES string of the molecule is CC(=O)NCc1ccc(-c2csc(NC(=O)c3c(Cl)nc4sccn34)n2)cc1. The van der Waals surface area contributed by atoms with Gasteiger partial charge in [-0.1, -0.05) is 35.9 Å². The molecule has 7 nitrogen and oxygen atoms in total. The molecule has 1 aromatic carbocycles. The summed E-state index contributed by atoms with van der Waals surface area (Å²) in [5.41, 5.74) is 2.97. The third-order valence-corrected chi connectivity index (χ3v) is 5.73. The Balaban J connectivity index is 1.48. The van der Waals surface area contributed by atoms with Crippen LogP contribution in [-0.4, -0.2) is 26.2 Å². The van der Waals surface area contributed by atoms with Crippen LogP contribution in [0.25, 0.3) is 16.2 Å². The van der Waals surface area contributed by atoms with E-state index in [1.807, 2.05) is 35.0 Å². The summed E-state index contributed by atoms with van der Waals surface area (Å²) in [5, 5.41) is 9.89. The Kier molecular flexibility index (Phi) is 5.12. The van der Waals surface area contributed by atoms with Crippen LogP contribution in [0.15, 0.2) is 41.2 Å². The van der Waals surface area contributed by atoms with Gasteiger partial charge in [0.15, 0.2) is 20.9 Å². The number of rotatable bonds is 5. The van der Waals surface area contributed by atoms with Gasteiger partial charge in [-0.15, -0.1) is 22.7 Å². The number of fused-ring (bicyclic) bond motifs is 1. The molecule has 3 heterocycles. The smallest absolute Gasteiger partial charge is 0.277 e. The highest BCUT2D eigenvalue weighted by atomic mass is 35.5. The summed E-state index contributed by atoms with van der Waals surface area (Å²) in [5.74, 6) is -0.426. The third kappa shape index (κ3) is 3.77. The molecule has 4 rings (SSSR count). The van der Waals surface area contributed by atoms with Gasteiger partial charge in [0.05, 0.1) is 5.69 Å². The molecule has 10 heteroatoms. The zero-order valence-electron chi connectivity index (χ0n) is 14.6. The van der Waals surface area contributed by atoms with Crippen LogP contribution >= 0.6 is 34.3 Å². The largest absolute Gasteiger partial charge is 0.352 e. The monoisotopic (exact) mass is 431 g/mol. The molecule has 0 saturated heterocycles. The normalized spacial score (nSPS) is 10.9. The number of hydrogen-bond donors (Lipinski definition) is 2. The molecule has 0 unspecified atom stereocenters. The van der Waals surface area contributed by atoms with Crippen LogP contribution in [0.3, 0.4) is 0 Å². The molecule has 0 aliphatic rings. The number of nitrogens with one attached hydrogen (secondary N) is 2. The number of benzene rings is 1. The van der Waals surface area contributed by atoms with E-state index in [1.165, 1.54) is 29.6 Å². The van der Waals surface area contributed by atoms with E-state index in [1.54, 1.807) is 10.6 Å². The van der Waals surface area contributed by atoms with Gasteiger partial charge in [0, 0.05) is 36.0 Å². The van der Waals surface area contributed by atoms with E-state index in [9.17, 15) is 9.59 Å². The van der Waals surface area contributed by atoms with Gasteiger partial charge in [-0.2, -0.15) is 0 Å². The molecule has 142 valence electrons. The van der Waals surface area contributed by atoms with Crippen molar-refractivity contribution >= 4 is 56.2 Å². The summed E-state index contributed by atoms with van der Waals surface area (Å²) in [6.45, 7) is 1.97. The highest BCUT2D eigenvalue weighted by Crippen LogP contribution is 2.27. The van der Waals surface area contributed by atoms with Gasteiger partial charge < -0.3 is 5.32 Å². The number of anilines is 1. The summed E-state index contributed by atoms with van der Waals surface area (Å²) in [6, 6.07) is 7.73. The maximum atomic E-state index is 12.6. The van der Waals surface area contributed by atoms with E-state index < -0.39 is 0 Å². The molecule has 0 radical (unpaired) electrons. The Hall–Kier alpha value is -2.75. The molecule has 3 aromatic heterocycles. The second-order valence-electron chi connectivity index (χ2n) is 5.91. The molecule has 0 aliphatic heterocycles. The first kappa shape index (κ1) is 18.6. The summed E-state index contributed by atoms with van der Waals surface area (Å²) in [4.78, 5) is 32.9. The fourth-order valence-corrected chi connectivity index (χ4v) is 4.34. The zero-order chi connectivity index (χ0) is 19.7. The van der Waals surface area contributed by atoms with Crippen LogP contribution in [0.1, 0.15) is 23.0 Å². The van der Waals surface area contributed by atoms with E-state index in [-0.39, 0.29) is 22.7 Å². The fraction of sp³-hybridized carbons (Fsp3) is 0.111. The number of halogens is 1. The number of carbonyl (C=O) groups excluding carboxylic acids is 2. The molecule has 28 heavy (non-hydrogen) atoms. The first-order valence-corrected chi connectivity index (χ1v) is 10.4. The number of nitrogens with zero attached hydrogens (tertiary/aromatic N) is 3. The van der Waals surface area contributed by atoms with E-state index >= 15 is 0 Å². The van der Waals surface area contributed by atoms with Crippen molar-refractivity contribution < 1.29 is 9.59 Å². The highest BCUT2D eigenvalue weighted by Gasteiger charge is 2.20. The van der Waals surface area contributed by atoms with Gasteiger partial charge >= 0.3 is 0 Å². The fourth-order valence-electron chi connectivity index (χ4n) is 2.60. The average molecular weight is 432 g/mol. The van der Waals surface area contributed by atoms with Crippen LogP contribution in [-0.2, 0) is 11.3 Å². The predicted octanol–water partition coefficient (Wildman–Crippen LogP) is 4.06. The van der Waals surface area contributed by atoms with Crippen LogP contribution in [0.4, 0.5) is 5.13 Å². The van der Waals surface area contributed by atoms with Crippen LogP contribution in [0.5, 0.6) is 0 Å².